The second-order valence-electron chi connectivity index (χ2n) is 5.59. The number of hydrogen-bond acceptors (Lipinski definition) is 4. The summed E-state index contributed by atoms with van der Waals surface area (Å²) in [5, 5.41) is 0. The SMILES string of the molecule is CN1CCN(C)C(c2nc(C3CC3)cc(=O)[nH]2)C1. The van der Waals surface area contributed by atoms with Gasteiger partial charge in [-0.05, 0) is 26.9 Å². The Bertz CT molecular complexity index is 494. The van der Waals surface area contributed by atoms with Crippen LogP contribution in [-0.2, 0) is 0 Å². The van der Waals surface area contributed by atoms with Gasteiger partial charge in [0, 0.05) is 31.6 Å². The summed E-state index contributed by atoms with van der Waals surface area (Å²) in [6, 6.07) is 1.86. The summed E-state index contributed by atoms with van der Waals surface area (Å²) >= 11 is 0. The highest BCUT2D eigenvalue weighted by Crippen LogP contribution is 2.38. The van der Waals surface area contributed by atoms with E-state index in [0.717, 1.165) is 31.2 Å². The van der Waals surface area contributed by atoms with Crippen LogP contribution in [0.2, 0.25) is 0 Å². The van der Waals surface area contributed by atoms with Gasteiger partial charge >= 0.3 is 0 Å². The van der Waals surface area contributed by atoms with Crippen LogP contribution >= 0.6 is 0 Å². The fourth-order valence-corrected chi connectivity index (χ4v) is 2.55. The first-order valence-electron chi connectivity index (χ1n) is 6.63. The average molecular weight is 248 g/mol. The number of nitrogens with zero attached hydrogens (tertiary/aromatic N) is 3. The molecule has 1 aromatic rings. The highest BCUT2D eigenvalue weighted by atomic mass is 16.1. The highest BCUT2D eigenvalue weighted by Gasteiger charge is 2.29. The van der Waals surface area contributed by atoms with E-state index in [-0.39, 0.29) is 11.6 Å². The summed E-state index contributed by atoms with van der Waals surface area (Å²) in [5.41, 5.74) is 0.971. The number of hydrogen-bond donors (Lipinski definition) is 1. The predicted octanol–water partition coefficient (Wildman–Crippen LogP) is 0.566. The second kappa shape index (κ2) is 4.48. The lowest BCUT2D eigenvalue weighted by atomic mass is 10.1. The number of nitrogens with one attached hydrogen (secondary N) is 1. The van der Waals surface area contributed by atoms with Crippen LogP contribution in [0, 0.1) is 0 Å². The Morgan fingerprint density at radius 3 is 2.83 bits per heavy atom. The van der Waals surface area contributed by atoms with Gasteiger partial charge in [0.2, 0.25) is 0 Å². The van der Waals surface area contributed by atoms with Crippen molar-refractivity contribution in [1.82, 2.24) is 19.8 Å². The van der Waals surface area contributed by atoms with Gasteiger partial charge in [-0.3, -0.25) is 9.69 Å². The molecule has 1 aliphatic heterocycles. The molecule has 2 heterocycles. The maximum atomic E-state index is 11.7. The summed E-state index contributed by atoms with van der Waals surface area (Å²) < 4.78 is 0. The van der Waals surface area contributed by atoms with Gasteiger partial charge in [-0.15, -0.1) is 0 Å². The van der Waals surface area contributed by atoms with Gasteiger partial charge in [-0.2, -0.15) is 0 Å². The summed E-state index contributed by atoms with van der Waals surface area (Å²) in [5.74, 6) is 1.36. The van der Waals surface area contributed by atoms with Crippen LogP contribution in [0.5, 0.6) is 0 Å². The van der Waals surface area contributed by atoms with Crippen molar-refractivity contribution < 1.29 is 0 Å². The standard InChI is InChI=1S/C13H20N4O/c1-16-5-6-17(2)11(8-16)13-14-10(9-3-4-9)7-12(18)15-13/h7,9,11H,3-6,8H2,1-2H3,(H,14,15,18). The Balaban J connectivity index is 1.92. The fraction of sp³-hybridized carbons (Fsp3) is 0.692. The molecule has 1 aromatic heterocycles. The molecule has 0 spiro atoms. The molecule has 3 rings (SSSR count). The molecule has 2 aliphatic rings. The first-order valence-corrected chi connectivity index (χ1v) is 6.63. The number of aromatic amines is 1. The maximum Gasteiger partial charge on any atom is 0.251 e. The van der Waals surface area contributed by atoms with Crippen molar-refractivity contribution in [2.24, 2.45) is 0 Å². The van der Waals surface area contributed by atoms with Crippen LogP contribution in [0.25, 0.3) is 0 Å². The van der Waals surface area contributed by atoms with Crippen molar-refractivity contribution >= 4 is 0 Å². The van der Waals surface area contributed by atoms with Crippen LogP contribution in [0.4, 0.5) is 0 Å². The van der Waals surface area contributed by atoms with Crippen molar-refractivity contribution in [3.63, 3.8) is 0 Å². The third kappa shape index (κ3) is 2.33. The third-order valence-electron chi connectivity index (χ3n) is 3.94. The molecular formula is C13H20N4O. The Morgan fingerprint density at radius 1 is 1.33 bits per heavy atom. The van der Waals surface area contributed by atoms with Crippen molar-refractivity contribution in [3.8, 4) is 0 Å². The summed E-state index contributed by atoms with van der Waals surface area (Å²) in [6.45, 7) is 3.01. The summed E-state index contributed by atoms with van der Waals surface area (Å²) in [4.78, 5) is 23.9. The van der Waals surface area contributed by atoms with Crippen LogP contribution in [0.15, 0.2) is 10.9 Å². The molecule has 0 amide bonds. The van der Waals surface area contributed by atoms with Gasteiger partial charge in [0.1, 0.15) is 5.82 Å². The van der Waals surface area contributed by atoms with Crippen LogP contribution < -0.4 is 5.56 Å². The Kier molecular flexibility index (Phi) is 2.95. The molecule has 5 heteroatoms. The second-order valence-corrected chi connectivity index (χ2v) is 5.59. The van der Waals surface area contributed by atoms with Crippen LogP contribution in [0.1, 0.15) is 36.3 Å². The summed E-state index contributed by atoms with van der Waals surface area (Å²) in [6.07, 6.45) is 2.35. The van der Waals surface area contributed by atoms with Crippen molar-refractivity contribution in [1.29, 1.82) is 0 Å². The fourth-order valence-electron chi connectivity index (χ4n) is 2.55. The molecule has 0 aromatic carbocycles. The van der Waals surface area contributed by atoms with E-state index in [2.05, 4.69) is 33.9 Å². The Hall–Kier alpha value is -1.20. The lowest BCUT2D eigenvalue weighted by Gasteiger charge is -2.36. The molecule has 1 aliphatic carbocycles. The zero-order chi connectivity index (χ0) is 12.7. The van der Waals surface area contributed by atoms with Gasteiger partial charge in [-0.1, -0.05) is 0 Å². The molecular weight excluding hydrogens is 228 g/mol. The monoisotopic (exact) mass is 248 g/mol. The van der Waals surface area contributed by atoms with Crippen molar-refractivity contribution in [3.05, 3.63) is 27.9 Å². The smallest absolute Gasteiger partial charge is 0.251 e. The predicted molar refractivity (Wildman–Crippen MR) is 69.7 cm³/mol. The highest BCUT2D eigenvalue weighted by molar-refractivity contribution is 5.15. The minimum atomic E-state index is -0.0106. The van der Waals surface area contributed by atoms with E-state index in [9.17, 15) is 4.79 Å². The van der Waals surface area contributed by atoms with E-state index < -0.39 is 0 Å². The van der Waals surface area contributed by atoms with E-state index in [1.54, 1.807) is 6.07 Å². The molecule has 1 saturated heterocycles. The minimum absolute atomic E-state index is 0.0106. The molecule has 2 fully saturated rings. The Labute approximate surface area is 107 Å². The number of piperazine rings is 1. The summed E-state index contributed by atoms with van der Waals surface area (Å²) in [7, 11) is 4.21. The molecule has 18 heavy (non-hydrogen) atoms. The first-order chi connectivity index (χ1) is 8.63. The molecule has 0 radical (unpaired) electrons. The van der Waals surface area contributed by atoms with Crippen LogP contribution in [0.3, 0.4) is 0 Å². The van der Waals surface area contributed by atoms with Gasteiger partial charge in [-0.25, -0.2) is 4.98 Å². The largest absolute Gasteiger partial charge is 0.309 e. The van der Waals surface area contributed by atoms with Crippen LogP contribution in [-0.4, -0.2) is 53.5 Å². The van der Waals surface area contributed by atoms with E-state index in [4.69, 9.17) is 0 Å². The van der Waals surface area contributed by atoms with Gasteiger partial charge in [0.05, 0.1) is 11.7 Å². The minimum Gasteiger partial charge on any atom is -0.309 e. The van der Waals surface area contributed by atoms with Gasteiger partial charge < -0.3 is 9.88 Å². The molecule has 1 atom stereocenters. The number of H-pyrrole nitrogens is 1. The lowest BCUT2D eigenvalue weighted by Crippen LogP contribution is -2.45. The number of aromatic nitrogens is 2. The molecule has 98 valence electrons. The molecule has 1 N–H and O–H groups in total. The van der Waals surface area contributed by atoms with Gasteiger partial charge in [0.15, 0.2) is 0 Å². The zero-order valence-electron chi connectivity index (χ0n) is 11.0. The molecule has 1 unspecified atom stereocenters. The number of likely N-dealkylation sites (N-methyl/N-ethyl adjacent to an activating group) is 2. The molecule has 1 saturated carbocycles. The quantitative estimate of drug-likeness (QED) is 0.831. The van der Waals surface area contributed by atoms with Crippen molar-refractivity contribution in [2.45, 2.75) is 24.8 Å². The van der Waals surface area contributed by atoms with E-state index >= 15 is 0 Å². The third-order valence-corrected chi connectivity index (χ3v) is 3.94. The average Bonchev–Trinajstić information content (AvgIpc) is 3.15. The van der Waals surface area contributed by atoms with E-state index in [1.165, 1.54) is 12.8 Å². The van der Waals surface area contributed by atoms with E-state index in [0.29, 0.717) is 5.92 Å². The van der Waals surface area contributed by atoms with Gasteiger partial charge in [0.25, 0.3) is 5.56 Å². The number of rotatable bonds is 2. The normalized spacial score (nSPS) is 26.4. The zero-order valence-corrected chi connectivity index (χ0v) is 11.0. The van der Waals surface area contributed by atoms with E-state index in [1.807, 2.05) is 0 Å². The van der Waals surface area contributed by atoms with Crippen molar-refractivity contribution in [2.75, 3.05) is 33.7 Å². The lowest BCUT2D eigenvalue weighted by molar-refractivity contribution is 0.109. The topological polar surface area (TPSA) is 52.2 Å². The molecule has 0 bridgehead atoms. The molecule has 5 nitrogen and oxygen atoms in total. The maximum absolute atomic E-state index is 11.7. The first kappa shape index (κ1) is 11.9. The Morgan fingerprint density at radius 2 is 2.11 bits per heavy atom.